The van der Waals surface area contributed by atoms with Crippen molar-refractivity contribution in [1.29, 1.82) is 0 Å². The summed E-state index contributed by atoms with van der Waals surface area (Å²) in [6.07, 6.45) is 1.98. The number of thiophene rings is 1. The molecule has 2 fully saturated rings. The summed E-state index contributed by atoms with van der Waals surface area (Å²) in [5.41, 5.74) is 0. The highest BCUT2D eigenvalue weighted by Crippen LogP contribution is 2.41. The van der Waals surface area contributed by atoms with Gasteiger partial charge < -0.3 is 5.11 Å². The molecule has 1 N–H and O–H groups in total. The van der Waals surface area contributed by atoms with Gasteiger partial charge in [-0.2, -0.15) is 0 Å². The fourth-order valence-corrected chi connectivity index (χ4v) is 3.80. The Hall–Kier alpha value is -1.69. The van der Waals surface area contributed by atoms with Gasteiger partial charge in [0, 0.05) is 16.7 Å². The molecule has 0 radical (unpaired) electrons. The van der Waals surface area contributed by atoms with Crippen LogP contribution in [0, 0.1) is 11.8 Å². The summed E-state index contributed by atoms with van der Waals surface area (Å²) in [5, 5.41) is 11.1. The van der Waals surface area contributed by atoms with E-state index < -0.39 is 12.0 Å². The molecule has 3 unspecified atom stereocenters. The first-order chi connectivity index (χ1) is 9.09. The van der Waals surface area contributed by atoms with Gasteiger partial charge in [0.15, 0.2) is 6.04 Å². The molecule has 1 aromatic heterocycles. The lowest BCUT2D eigenvalue weighted by molar-refractivity contribution is -0.164. The first-order valence-electron chi connectivity index (χ1n) is 6.22. The highest BCUT2D eigenvalue weighted by Gasteiger charge is 2.49. The molecule has 1 aliphatic carbocycles. The highest BCUT2D eigenvalue weighted by atomic mass is 32.1. The lowest BCUT2D eigenvalue weighted by atomic mass is 9.95. The molecule has 2 aliphatic rings. The van der Waals surface area contributed by atoms with Gasteiger partial charge in [-0.3, -0.25) is 14.5 Å². The Morgan fingerprint density at radius 3 is 2.42 bits per heavy atom. The molecule has 1 aliphatic heterocycles. The fourth-order valence-electron chi connectivity index (χ4n) is 2.99. The maximum Gasteiger partial charge on any atom is 0.332 e. The van der Waals surface area contributed by atoms with E-state index in [1.54, 1.807) is 17.5 Å². The highest BCUT2D eigenvalue weighted by molar-refractivity contribution is 7.10. The second-order valence-corrected chi connectivity index (χ2v) is 5.99. The topological polar surface area (TPSA) is 74.7 Å². The Balaban J connectivity index is 2.00. The van der Waals surface area contributed by atoms with Gasteiger partial charge in [-0.25, -0.2) is 4.79 Å². The van der Waals surface area contributed by atoms with Crippen molar-refractivity contribution in [2.24, 2.45) is 11.8 Å². The Labute approximate surface area is 113 Å². The van der Waals surface area contributed by atoms with Gasteiger partial charge in [0.25, 0.3) is 0 Å². The molecule has 100 valence electrons. The van der Waals surface area contributed by atoms with Crippen LogP contribution in [0.15, 0.2) is 17.5 Å². The molecule has 5 nitrogen and oxygen atoms in total. The van der Waals surface area contributed by atoms with Crippen molar-refractivity contribution in [1.82, 2.24) is 4.90 Å². The number of nitrogens with zero attached hydrogens (tertiary/aromatic N) is 1. The molecule has 0 aromatic carbocycles. The van der Waals surface area contributed by atoms with E-state index in [-0.39, 0.29) is 23.7 Å². The number of imide groups is 1. The zero-order valence-electron chi connectivity index (χ0n) is 10.1. The van der Waals surface area contributed by atoms with E-state index in [1.165, 1.54) is 11.3 Å². The fraction of sp³-hybridized carbons (Fsp3) is 0.462. The van der Waals surface area contributed by atoms with Crippen LogP contribution >= 0.6 is 11.3 Å². The van der Waals surface area contributed by atoms with Crippen LogP contribution in [0.4, 0.5) is 0 Å². The van der Waals surface area contributed by atoms with Crippen LogP contribution in [0.1, 0.15) is 30.2 Å². The van der Waals surface area contributed by atoms with Crippen LogP contribution in [0.25, 0.3) is 0 Å². The number of hydrogen-bond donors (Lipinski definition) is 1. The van der Waals surface area contributed by atoms with Crippen molar-refractivity contribution in [3.05, 3.63) is 22.4 Å². The van der Waals surface area contributed by atoms with Gasteiger partial charge in [0.1, 0.15) is 0 Å². The van der Waals surface area contributed by atoms with Crippen LogP contribution in [0.5, 0.6) is 0 Å². The van der Waals surface area contributed by atoms with Gasteiger partial charge in [-0.05, 0) is 30.7 Å². The second-order valence-electron chi connectivity index (χ2n) is 5.01. The molecule has 1 saturated carbocycles. The number of rotatable bonds is 3. The van der Waals surface area contributed by atoms with E-state index in [1.807, 2.05) is 0 Å². The van der Waals surface area contributed by atoms with E-state index in [9.17, 15) is 19.5 Å². The molecular formula is C13H13NO4S. The van der Waals surface area contributed by atoms with Crippen LogP contribution in [0.3, 0.4) is 0 Å². The third-order valence-electron chi connectivity index (χ3n) is 3.91. The summed E-state index contributed by atoms with van der Waals surface area (Å²) in [6, 6.07) is 2.22. The van der Waals surface area contributed by atoms with Crippen molar-refractivity contribution >= 4 is 29.1 Å². The standard InChI is InChI=1S/C13H13NO4S/c15-11-7-3-4-8(6-7)12(16)14(11)10(13(17)18)9-2-1-5-19-9/h1-2,5,7-8,10H,3-4,6H2,(H,17,18). The minimum Gasteiger partial charge on any atom is -0.479 e. The minimum atomic E-state index is -1.16. The predicted octanol–water partition coefficient (Wildman–Crippen LogP) is 1.66. The molecule has 6 heteroatoms. The van der Waals surface area contributed by atoms with Crippen molar-refractivity contribution in [2.45, 2.75) is 25.3 Å². The average Bonchev–Trinajstić information content (AvgIpc) is 3.01. The third kappa shape index (κ3) is 1.87. The van der Waals surface area contributed by atoms with Gasteiger partial charge in [-0.1, -0.05) is 6.07 Å². The molecule has 0 spiro atoms. The molecule has 1 saturated heterocycles. The SMILES string of the molecule is O=C(O)C(c1cccs1)N1C(=O)C2CCC(C2)C1=O. The third-order valence-corrected chi connectivity index (χ3v) is 4.84. The number of hydrogen-bond acceptors (Lipinski definition) is 4. The summed E-state index contributed by atoms with van der Waals surface area (Å²) in [7, 11) is 0. The molecule has 2 amide bonds. The Bertz CT molecular complexity index is 517. The number of piperidine rings is 1. The molecular weight excluding hydrogens is 266 g/mol. The second kappa shape index (κ2) is 4.45. The van der Waals surface area contributed by atoms with Gasteiger partial charge in [0.05, 0.1) is 0 Å². The van der Waals surface area contributed by atoms with E-state index in [0.717, 1.165) is 4.90 Å². The minimum absolute atomic E-state index is 0.176. The number of carboxylic acid groups (broad SMARTS) is 1. The molecule has 1 aromatic rings. The van der Waals surface area contributed by atoms with Gasteiger partial charge >= 0.3 is 5.97 Å². The van der Waals surface area contributed by atoms with Crippen molar-refractivity contribution in [2.75, 3.05) is 0 Å². The normalized spacial score (nSPS) is 27.7. The maximum atomic E-state index is 12.3. The lowest BCUT2D eigenvalue weighted by Crippen LogP contribution is -2.50. The van der Waals surface area contributed by atoms with Crippen LogP contribution in [0.2, 0.25) is 0 Å². The van der Waals surface area contributed by atoms with Crippen LogP contribution in [-0.2, 0) is 14.4 Å². The molecule has 2 bridgehead atoms. The Morgan fingerprint density at radius 2 is 1.95 bits per heavy atom. The summed E-state index contributed by atoms with van der Waals surface area (Å²) >= 11 is 1.25. The van der Waals surface area contributed by atoms with Crippen molar-refractivity contribution in [3.8, 4) is 0 Å². The average molecular weight is 279 g/mol. The largest absolute Gasteiger partial charge is 0.479 e. The number of fused-ring (bicyclic) bond motifs is 2. The zero-order valence-corrected chi connectivity index (χ0v) is 10.9. The quantitative estimate of drug-likeness (QED) is 0.854. The van der Waals surface area contributed by atoms with E-state index >= 15 is 0 Å². The van der Waals surface area contributed by atoms with Crippen molar-refractivity contribution < 1.29 is 19.5 Å². The van der Waals surface area contributed by atoms with E-state index in [2.05, 4.69) is 0 Å². The summed E-state index contributed by atoms with van der Waals surface area (Å²) in [5.74, 6) is -2.14. The number of aliphatic carboxylic acids is 1. The monoisotopic (exact) mass is 279 g/mol. The first-order valence-corrected chi connectivity index (χ1v) is 7.10. The Morgan fingerprint density at radius 1 is 1.32 bits per heavy atom. The summed E-state index contributed by atoms with van der Waals surface area (Å²) in [4.78, 5) is 37.6. The molecule has 2 heterocycles. The maximum absolute atomic E-state index is 12.3. The summed E-state index contributed by atoms with van der Waals surface area (Å²) in [6.45, 7) is 0. The van der Waals surface area contributed by atoms with Gasteiger partial charge in [0.2, 0.25) is 11.8 Å². The number of likely N-dealkylation sites (tertiary alicyclic amines) is 1. The van der Waals surface area contributed by atoms with Crippen LogP contribution in [-0.4, -0.2) is 27.8 Å². The molecule has 3 rings (SSSR count). The molecule has 19 heavy (non-hydrogen) atoms. The van der Waals surface area contributed by atoms with Crippen LogP contribution < -0.4 is 0 Å². The number of carboxylic acids is 1. The zero-order chi connectivity index (χ0) is 13.6. The summed E-state index contributed by atoms with van der Waals surface area (Å²) < 4.78 is 0. The lowest BCUT2D eigenvalue weighted by Gasteiger charge is -2.33. The molecule has 3 atom stereocenters. The number of carbonyl (C=O) groups is 3. The predicted molar refractivity (Wildman–Crippen MR) is 67.4 cm³/mol. The smallest absolute Gasteiger partial charge is 0.332 e. The number of carbonyl (C=O) groups excluding carboxylic acids is 2. The van der Waals surface area contributed by atoms with E-state index in [0.29, 0.717) is 24.1 Å². The van der Waals surface area contributed by atoms with Gasteiger partial charge in [-0.15, -0.1) is 11.3 Å². The Kier molecular flexibility index (Phi) is 2.89. The van der Waals surface area contributed by atoms with E-state index in [4.69, 9.17) is 0 Å². The van der Waals surface area contributed by atoms with Crippen molar-refractivity contribution in [3.63, 3.8) is 0 Å². The number of amides is 2. The first kappa shape index (κ1) is 12.3.